The van der Waals surface area contributed by atoms with Crippen LogP contribution in [0.1, 0.15) is 32.1 Å². The van der Waals surface area contributed by atoms with Crippen LogP contribution in [0.15, 0.2) is 0 Å². The van der Waals surface area contributed by atoms with Crippen molar-refractivity contribution in [1.82, 2.24) is 15.1 Å². The van der Waals surface area contributed by atoms with Gasteiger partial charge in [-0.15, -0.1) is 0 Å². The first-order chi connectivity index (χ1) is 11.6. The number of hydrogen-bond acceptors (Lipinski definition) is 5. The molecular formula is C18H33N3O3. The summed E-state index contributed by atoms with van der Waals surface area (Å²) in [5.41, 5.74) is 0.0161. The molecule has 0 aromatic rings. The average Bonchev–Trinajstić information content (AvgIpc) is 2.57. The predicted octanol–water partition coefficient (Wildman–Crippen LogP) is 0.714. The molecule has 2 heterocycles. The molecule has 0 unspecified atom stereocenters. The van der Waals surface area contributed by atoms with E-state index in [1.165, 1.54) is 19.3 Å². The van der Waals surface area contributed by atoms with Crippen molar-refractivity contribution < 1.29 is 14.3 Å². The average molecular weight is 339 g/mol. The lowest BCUT2D eigenvalue weighted by Gasteiger charge is -2.44. The summed E-state index contributed by atoms with van der Waals surface area (Å²) in [6.45, 7) is 5.43. The van der Waals surface area contributed by atoms with Crippen LogP contribution in [-0.4, -0.2) is 87.4 Å². The molecule has 2 saturated heterocycles. The second kappa shape index (κ2) is 8.13. The van der Waals surface area contributed by atoms with Crippen molar-refractivity contribution in [2.45, 2.75) is 43.7 Å². The summed E-state index contributed by atoms with van der Waals surface area (Å²) in [5.74, 6) is 0.906. The fourth-order valence-electron chi connectivity index (χ4n) is 4.01. The molecule has 6 nitrogen and oxygen atoms in total. The van der Waals surface area contributed by atoms with Gasteiger partial charge in [0.25, 0.3) is 0 Å². The minimum absolute atomic E-state index is 0.0161. The number of ether oxygens (including phenoxy) is 2. The van der Waals surface area contributed by atoms with E-state index in [0.29, 0.717) is 13.2 Å². The van der Waals surface area contributed by atoms with Crippen LogP contribution in [0, 0.1) is 5.92 Å². The van der Waals surface area contributed by atoms with Crippen molar-refractivity contribution in [2.75, 3.05) is 60.2 Å². The Balaban J connectivity index is 1.55. The summed E-state index contributed by atoms with van der Waals surface area (Å²) in [6.07, 6.45) is 5.91. The van der Waals surface area contributed by atoms with E-state index in [9.17, 15) is 4.79 Å². The molecule has 3 rings (SSSR count). The molecule has 2 aliphatic heterocycles. The second-order valence-corrected chi connectivity index (χ2v) is 7.83. The Morgan fingerprint density at radius 2 is 1.96 bits per heavy atom. The van der Waals surface area contributed by atoms with Gasteiger partial charge in [0.2, 0.25) is 5.91 Å². The zero-order chi connectivity index (χ0) is 17.0. The van der Waals surface area contributed by atoms with Crippen molar-refractivity contribution in [1.29, 1.82) is 0 Å². The summed E-state index contributed by atoms with van der Waals surface area (Å²) in [7, 11) is 4.20. The third-order valence-corrected chi connectivity index (χ3v) is 6.22. The SMILES string of the molecule is CN(C)C1(CNC(=O)[C@@H]2COCCN2CC2CCC2)CCOCC1. The molecule has 0 aromatic carbocycles. The van der Waals surface area contributed by atoms with E-state index in [-0.39, 0.29) is 17.5 Å². The zero-order valence-corrected chi connectivity index (χ0v) is 15.3. The topological polar surface area (TPSA) is 54.0 Å². The van der Waals surface area contributed by atoms with Crippen LogP contribution in [0.5, 0.6) is 0 Å². The first-order valence-corrected chi connectivity index (χ1v) is 9.45. The minimum atomic E-state index is -0.126. The number of carbonyl (C=O) groups is 1. The lowest BCUT2D eigenvalue weighted by atomic mass is 9.84. The molecule has 0 bridgehead atoms. The molecule has 1 atom stereocenters. The first-order valence-electron chi connectivity index (χ1n) is 9.45. The number of nitrogens with one attached hydrogen (secondary N) is 1. The van der Waals surface area contributed by atoms with Crippen LogP contribution in [0.3, 0.4) is 0 Å². The number of rotatable bonds is 6. The van der Waals surface area contributed by atoms with Gasteiger partial charge in [-0.1, -0.05) is 6.42 Å². The quantitative estimate of drug-likeness (QED) is 0.773. The monoisotopic (exact) mass is 339 g/mol. The van der Waals surface area contributed by atoms with Crippen LogP contribution >= 0.6 is 0 Å². The summed E-state index contributed by atoms with van der Waals surface area (Å²) < 4.78 is 11.1. The Kier molecular flexibility index (Phi) is 6.13. The number of morpholine rings is 1. The van der Waals surface area contributed by atoms with Gasteiger partial charge in [0.15, 0.2) is 0 Å². The molecule has 3 fully saturated rings. The van der Waals surface area contributed by atoms with Gasteiger partial charge < -0.3 is 19.7 Å². The van der Waals surface area contributed by atoms with Crippen LogP contribution < -0.4 is 5.32 Å². The molecule has 1 saturated carbocycles. The molecule has 1 amide bonds. The molecule has 0 radical (unpaired) electrons. The maximum atomic E-state index is 12.8. The van der Waals surface area contributed by atoms with Gasteiger partial charge >= 0.3 is 0 Å². The highest BCUT2D eigenvalue weighted by atomic mass is 16.5. The van der Waals surface area contributed by atoms with Gasteiger partial charge in [-0.05, 0) is 45.7 Å². The van der Waals surface area contributed by atoms with Crippen molar-refractivity contribution in [3.05, 3.63) is 0 Å². The van der Waals surface area contributed by atoms with E-state index in [1.54, 1.807) is 0 Å². The number of amides is 1. The van der Waals surface area contributed by atoms with Gasteiger partial charge in [-0.25, -0.2) is 0 Å². The van der Waals surface area contributed by atoms with E-state index in [2.05, 4.69) is 29.2 Å². The van der Waals surface area contributed by atoms with Crippen molar-refractivity contribution in [3.63, 3.8) is 0 Å². The predicted molar refractivity (Wildman–Crippen MR) is 93.0 cm³/mol. The van der Waals surface area contributed by atoms with E-state index in [0.717, 1.165) is 51.7 Å². The fraction of sp³-hybridized carbons (Fsp3) is 0.944. The molecule has 138 valence electrons. The highest BCUT2D eigenvalue weighted by molar-refractivity contribution is 5.82. The highest BCUT2D eigenvalue weighted by Crippen LogP contribution is 2.28. The minimum Gasteiger partial charge on any atom is -0.381 e. The summed E-state index contributed by atoms with van der Waals surface area (Å²) in [6, 6.07) is -0.126. The zero-order valence-electron chi connectivity index (χ0n) is 15.3. The van der Waals surface area contributed by atoms with E-state index in [4.69, 9.17) is 9.47 Å². The largest absolute Gasteiger partial charge is 0.381 e. The maximum absolute atomic E-state index is 12.8. The molecule has 1 aliphatic carbocycles. The van der Waals surface area contributed by atoms with Crippen LogP contribution in [0.4, 0.5) is 0 Å². The van der Waals surface area contributed by atoms with Gasteiger partial charge in [0.1, 0.15) is 6.04 Å². The Morgan fingerprint density at radius 1 is 1.21 bits per heavy atom. The van der Waals surface area contributed by atoms with Crippen molar-refractivity contribution in [3.8, 4) is 0 Å². The molecule has 3 aliphatic rings. The number of nitrogens with zero attached hydrogens (tertiary/aromatic N) is 2. The van der Waals surface area contributed by atoms with Gasteiger partial charge in [-0.3, -0.25) is 9.69 Å². The Hall–Kier alpha value is -0.690. The summed E-state index contributed by atoms with van der Waals surface area (Å²) >= 11 is 0. The smallest absolute Gasteiger partial charge is 0.239 e. The van der Waals surface area contributed by atoms with E-state index < -0.39 is 0 Å². The fourth-order valence-corrected chi connectivity index (χ4v) is 4.01. The Bertz CT molecular complexity index is 420. The molecule has 0 spiro atoms. The molecule has 6 heteroatoms. The number of carbonyl (C=O) groups excluding carboxylic acids is 1. The summed E-state index contributed by atoms with van der Waals surface area (Å²) in [5, 5.41) is 3.23. The third-order valence-electron chi connectivity index (χ3n) is 6.22. The van der Waals surface area contributed by atoms with Crippen LogP contribution in [-0.2, 0) is 14.3 Å². The molecule has 0 aromatic heterocycles. The van der Waals surface area contributed by atoms with Crippen molar-refractivity contribution >= 4 is 5.91 Å². The van der Waals surface area contributed by atoms with Gasteiger partial charge in [-0.2, -0.15) is 0 Å². The standard InChI is InChI=1S/C18H33N3O3/c1-20(2)18(6-9-23-10-7-18)14-19-17(22)16-13-24-11-8-21(16)12-15-4-3-5-15/h15-16H,3-14H2,1-2H3,(H,19,22)/t16-/m0/s1. The maximum Gasteiger partial charge on any atom is 0.239 e. The lowest BCUT2D eigenvalue weighted by molar-refractivity contribution is -0.134. The van der Waals surface area contributed by atoms with Gasteiger partial charge in [0.05, 0.1) is 13.2 Å². The normalized spacial score (nSPS) is 28.5. The van der Waals surface area contributed by atoms with Gasteiger partial charge in [0, 0.05) is 38.4 Å². The van der Waals surface area contributed by atoms with Crippen molar-refractivity contribution in [2.24, 2.45) is 5.92 Å². The molecule has 1 N–H and O–H groups in total. The molecule has 24 heavy (non-hydrogen) atoms. The second-order valence-electron chi connectivity index (χ2n) is 7.83. The molecular weight excluding hydrogens is 306 g/mol. The summed E-state index contributed by atoms with van der Waals surface area (Å²) in [4.78, 5) is 17.4. The first kappa shape index (κ1) is 18.1. The lowest BCUT2D eigenvalue weighted by Crippen LogP contribution is -2.60. The van der Waals surface area contributed by atoms with Crippen LogP contribution in [0.2, 0.25) is 0 Å². The van der Waals surface area contributed by atoms with E-state index in [1.807, 2.05) is 0 Å². The Morgan fingerprint density at radius 3 is 2.58 bits per heavy atom. The number of likely N-dealkylation sites (N-methyl/N-ethyl adjacent to an activating group) is 1. The van der Waals surface area contributed by atoms with E-state index >= 15 is 0 Å². The third kappa shape index (κ3) is 4.10. The number of hydrogen-bond donors (Lipinski definition) is 1. The van der Waals surface area contributed by atoms with Crippen LogP contribution in [0.25, 0.3) is 0 Å². The Labute approximate surface area is 145 Å². The highest BCUT2D eigenvalue weighted by Gasteiger charge is 2.37.